The van der Waals surface area contributed by atoms with Gasteiger partial charge in [0.05, 0.1) is 12.4 Å². The van der Waals surface area contributed by atoms with Crippen LogP contribution in [0, 0.1) is 0 Å². The average Bonchev–Trinajstić information content (AvgIpc) is 2.67. The summed E-state index contributed by atoms with van der Waals surface area (Å²) in [6, 6.07) is 21.6. The topological polar surface area (TPSA) is 33.6 Å². The molecule has 1 aliphatic rings. The summed E-state index contributed by atoms with van der Waals surface area (Å²) in [5.41, 5.74) is 2.71. The summed E-state index contributed by atoms with van der Waals surface area (Å²) in [4.78, 5) is 4.90. The molecule has 4 heteroatoms. The normalized spacial score (nSPS) is 15.8. The van der Waals surface area contributed by atoms with E-state index in [9.17, 15) is 0 Å². The second-order valence-electron chi connectivity index (χ2n) is 6.35. The van der Waals surface area contributed by atoms with Gasteiger partial charge in [0.15, 0.2) is 0 Å². The first-order chi connectivity index (χ1) is 11.8. The lowest BCUT2D eigenvalue weighted by Gasteiger charge is -2.37. The molecule has 3 nitrogen and oxygen atoms in total. The maximum Gasteiger partial charge on any atom is 0.0964 e. The summed E-state index contributed by atoms with van der Waals surface area (Å²) < 4.78 is 5.10. The SMILES string of the molecule is COCCCNC1=NCC(c2ccccc2)(c2ccccc2)CC1.Cl. The zero-order valence-corrected chi connectivity index (χ0v) is 15.6. The summed E-state index contributed by atoms with van der Waals surface area (Å²) in [5.74, 6) is 1.13. The molecule has 1 N–H and O–H groups in total. The Balaban J connectivity index is 0.00000225. The second kappa shape index (κ2) is 9.59. The standard InChI is InChI=1S/C21H26N2O.ClH/c1-24-16-8-15-22-20-13-14-21(17-23-20,18-9-4-2-5-10-18)19-11-6-3-7-12-19;/h2-7,9-12H,8,13-17H2,1H3,(H,22,23);1H. The molecule has 3 rings (SSSR count). The number of aliphatic imine (C=N–C) groups is 1. The Hall–Kier alpha value is -1.84. The summed E-state index contributed by atoms with van der Waals surface area (Å²) in [6.45, 7) is 2.52. The van der Waals surface area contributed by atoms with Crippen LogP contribution in [0.25, 0.3) is 0 Å². The van der Waals surface area contributed by atoms with Crippen molar-refractivity contribution < 1.29 is 4.74 Å². The molecule has 134 valence electrons. The zero-order chi connectivity index (χ0) is 16.7. The lowest BCUT2D eigenvalue weighted by atomic mass is 9.70. The van der Waals surface area contributed by atoms with Crippen molar-refractivity contribution in [1.29, 1.82) is 0 Å². The van der Waals surface area contributed by atoms with E-state index in [1.54, 1.807) is 7.11 Å². The predicted molar refractivity (Wildman–Crippen MR) is 107 cm³/mol. The highest BCUT2D eigenvalue weighted by atomic mass is 35.5. The second-order valence-corrected chi connectivity index (χ2v) is 6.35. The molecule has 0 radical (unpaired) electrons. The van der Waals surface area contributed by atoms with Crippen LogP contribution in [0.15, 0.2) is 65.7 Å². The molecule has 0 saturated carbocycles. The molecule has 0 saturated heterocycles. The van der Waals surface area contributed by atoms with Gasteiger partial charge in [0.1, 0.15) is 0 Å². The molecule has 0 aliphatic carbocycles. The van der Waals surface area contributed by atoms with E-state index in [1.165, 1.54) is 11.1 Å². The quantitative estimate of drug-likeness (QED) is 0.784. The molecule has 0 fully saturated rings. The molecule has 1 aliphatic heterocycles. The first-order valence-electron chi connectivity index (χ1n) is 8.72. The number of rotatable bonds is 6. The van der Waals surface area contributed by atoms with Crippen molar-refractivity contribution in [2.24, 2.45) is 4.99 Å². The molecule has 1 heterocycles. The van der Waals surface area contributed by atoms with Crippen LogP contribution in [-0.4, -0.2) is 32.6 Å². The van der Waals surface area contributed by atoms with E-state index in [1.807, 2.05) is 0 Å². The maximum atomic E-state index is 5.10. The molecule has 0 spiro atoms. The lowest BCUT2D eigenvalue weighted by Crippen LogP contribution is -2.39. The minimum absolute atomic E-state index is 0. The summed E-state index contributed by atoms with van der Waals surface area (Å²) in [5, 5.41) is 3.47. The van der Waals surface area contributed by atoms with Crippen LogP contribution in [0.1, 0.15) is 30.4 Å². The van der Waals surface area contributed by atoms with E-state index in [-0.39, 0.29) is 17.8 Å². The predicted octanol–water partition coefficient (Wildman–Crippen LogP) is 4.21. The number of nitrogens with zero attached hydrogens (tertiary/aromatic N) is 1. The van der Waals surface area contributed by atoms with E-state index < -0.39 is 0 Å². The lowest BCUT2D eigenvalue weighted by molar-refractivity contribution is 0.195. The zero-order valence-electron chi connectivity index (χ0n) is 14.8. The third-order valence-electron chi connectivity index (χ3n) is 4.84. The molecule has 0 bridgehead atoms. The van der Waals surface area contributed by atoms with E-state index in [0.717, 1.165) is 44.8 Å². The summed E-state index contributed by atoms with van der Waals surface area (Å²) in [6.07, 6.45) is 3.08. The highest BCUT2D eigenvalue weighted by Gasteiger charge is 2.36. The number of halogens is 1. The molecule has 0 unspecified atom stereocenters. The largest absolute Gasteiger partial charge is 0.385 e. The molecule has 25 heavy (non-hydrogen) atoms. The Morgan fingerprint density at radius 3 is 2.08 bits per heavy atom. The van der Waals surface area contributed by atoms with Crippen molar-refractivity contribution in [3.05, 3.63) is 71.8 Å². The van der Waals surface area contributed by atoms with Crippen LogP contribution in [-0.2, 0) is 10.2 Å². The number of benzene rings is 2. The van der Waals surface area contributed by atoms with E-state index in [4.69, 9.17) is 9.73 Å². The molecular formula is C21H27ClN2O. The number of hydrogen-bond donors (Lipinski definition) is 1. The van der Waals surface area contributed by atoms with Crippen molar-refractivity contribution in [3.63, 3.8) is 0 Å². The number of ether oxygens (including phenoxy) is 1. The van der Waals surface area contributed by atoms with E-state index in [0.29, 0.717) is 0 Å². The Morgan fingerprint density at radius 1 is 1.00 bits per heavy atom. The molecule has 2 aromatic carbocycles. The highest BCUT2D eigenvalue weighted by molar-refractivity contribution is 5.85. The number of methoxy groups -OCH3 is 1. The van der Waals surface area contributed by atoms with Gasteiger partial charge in [0, 0.05) is 32.1 Å². The van der Waals surface area contributed by atoms with Crippen molar-refractivity contribution >= 4 is 18.2 Å². The first kappa shape index (κ1) is 19.5. The fraction of sp³-hybridized carbons (Fsp3) is 0.381. The summed E-state index contributed by atoms with van der Waals surface area (Å²) >= 11 is 0. The van der Waals surface area contributed by atoms with Gasteiger partial charge in [-0.1, -0.05) is 60.7 Å². The minimum atomic E-state index is -0.0137. The van der Waals surface area contributed by atoms with Crippen LogP contribution in [0.2, 0.25) is 0 Å². The van der Waals surface area contributed by atoms with Crippen molar-refractivity contribution in [3.8, 4) is 0 Å². The molecule has 0 atom stereocenters. The maximum absolute atomic E-state index is 5.10. The third-order valence-corrected chi connectivity index (χ3v) is 4.84. The molecule has 2 aromatic rings. The molecule has 0 aromatic heterocycles. The van der Waals surface area contributed by atoms with Crippen LogP contribution in [0.3, 0.4) is 0 Å². The van der Waals surface area contributed by atoms with Crippen LogP contribution in [0.5, 0.6) is 0 Å². The third kappa shape index (κ3) is 4.62. The van der Waals surface area contributed by atoms with E-state index >= 15 is 0 Å². The van der Waals surface area contributed by atoms with Gasteiger partial charge in [-0.25, -0.2) is 0 Å². The van der Waals surface area contributed by atoms with Gasteiger partial charge in [-0.15, -0.1) is 12.4 Å². The first-order valence-corrected chi connectivity index (χ1v) is 8.72. The van der Waals surface area contributed by atoms with Crippen molar-refractivity contribution in [2.45, 2.75) is 24.7 Å². The molecular weight excluding hydrogens is 332 g/mol. The molecule has 0 amide bonds. The number of nitrogens with one attached hydrogen (secondary N) is 1. The average molecular weight is 359 g/mol. The monoisotopic (exact) mass is 358 g/mol. The van der Waals surface area contributed by atoms with Gasteiger partial charge in [0.2, 0.25) is 0 Å². The Labute approximate surface area is 156 Å². The Bertz CT molecular complexity index is 619. The van der Waals surface area contributed by atoms with Gasteiger partial charge in [0.25, 0.3) is 0 Å². The summed E-state index contributed by atoms with van der Waals surface area (Å²) in [7, 11) is 1.74. The van der Waals surface area contributed by atoms with Gasteiger partial charge in [-0.3, -0.25) is 4.99 Å². The number of amidine groups is 1. The fourth-order valence-electron chi connectivity index (χ4n) is 3.47. The van der Waals surface area contributed by atoms with Gasteiger partial charge >= 0.3 is 0 Å². The smallest absolute Gasteiger partial charge is 0.0964 e. The van der Waals surface area contributed by atoms with Gasteiger partial charge in [-0.2, -0.15) is 0 Å². The van der Waals surface area contributed by atoms with Gasteiger partial charge in [-0.05, 0) is 24.0 Å². The minimum Gasteiger partial charge on any atom is -0.385 e. The van der Waals surface area contributed by atoms with Crippen LogP contribution < -0.4 is 5.32 Å². The van der Waals surface area contributed by atoms with Crippen LogP contribution in [0.4, 0.5) is 0 Å². The van der Waals surface area contributed by atoms with Crippen LogP contribution >= 0.6 is 12.4 Å². The van der Waals surface area contributed by atoms with E-state index in [2.05, 4.69) is 66.0 Å². The van der Waals surface area contributed by atoms with Gasteiger partial charge < -0.3 is 10.1 Å². The Morgan fingerprint density at radius 2 is 1.60 bits per heavy atom. The van der Waals surface area contributed by atoms with Crippen molar-refractivity contribution in [1.82, 2.24) is 5.32 Å². The number of hydrogen-bond acceptors (Lipinski definition) is 3. The Kier molecular flexibility index (Phi) is 7.48. The fourth-order valence-corrected chi connectivity index (χ4v) is 3.47. The van der Waals surface area contributed by atoms with Crippen molar-refractivity contribution in [2.75, 3.05) is 26.8 Å². The highest BCUT2D eigenvalue weighted by Crippen LogP contribution is 2.39.